The molecule has 0 saturated heterocycles. The number of carbonyl (C=O) groups excluding carboxylic acids is 1. The van der Waals surface area contributed by atoms with E-state index in [4.69, 9.17) is 15.3 Å². The fraction of sp³-hybridized carbons (Fsp3) is 0. The zero-order valence-corrected chi connectivity index (χ0v) is 3.51. The molecule has 0 aliphatic carbocycles. The summed E-state index contributed by atoms with van der Waals surface area (Å²) in [5.41, 5.74) is 0. The standard InChI is InChI=1S/C2HN3.CH2O/c3-1-5-2-4;1-2/h5H;1H2. The Labute approximate surface area is 41.0 Å². The number of rotatable bonds is 0. The highest BCUT2D eigenvalue weighted by atomic mass is 16.1. The van der Waals surface area contributed by atoms with Gasteiger partial charge in [-0.15, -0.1) is 0 Å². The smallest absolute Gasteiger partial charge is 0.190 e. The molecular formula is C3H3N3O. The minimum Gasteiger partial charge on any atom is -0.307 e. The summed E-state index contributed by atoms with van der Waals surface area (Å²) in [4.78, 5) is 8.00. The summed E-state index contributed by atoms with van der Waals surface area (Å²) < 4.78 is 0. The van der Waals surface area contributed by atoms with Gasteiger partial charge in [-0.2, -0.15) is 10.5 Å². The van der Waals surface area contributed by atoms with Crippen molar-refractivity contribution >= 4 is 6.79 Å². The summed E-state index contributed by atoms with van der Waals surface area (Å²) >= 11 is 0. The molecule has 7 heavy (non-hydrogen) atoms. The molecular weight excluding hydrogens is 94.1 g/mol. The molecule has 0 aliphatic heterocycles. The third-order valence-electron chi connectivity index (χ3n) is 0.112. The highest BCUT2D eigenvalue weighted by molar-refractivity contribution is 5.10. The molecule has 0 amide bonds. The molecule has 0 fully saturated rings. The molecule has 0 aromatic carbocycles. The van der Waals surface area contributed by atoms with Crippen LogP contribution >= 0.6 is 0 Å². The quantitative estimate of drug-likeness (QED) is 0.322. The predicted octanol–water partition coefficient (Wildman–Crippen LogP) is -0.647. The molecule has 0 atom stereocenters. The van der Waals surface area contributed by atoms with Crippen LogP contribution in [-0.4, -0.2) is 6.79 Å². The van der Waals surface area contributed by atoms with Gasteiger partial charge in [-0.1, -0.05) is 0 Å². The van der Waals surface area contributed by atoms with Crippen LogP contribution in [0, 0.1) is 22.9 Å². The lowest BCUT2D eigenvalue weighted by atomic mass is 11.2. The highest BCUT2D eigenvalue weighted by Crippen LogP contribution is 1.28. The lowest BCUT2D eigenvalue weighted by Crippen LogP contribution is -1.88. The zero-order valence-electron chi connectivity index (χ0n) is 3.51. The van der Waals surface area contributed by atoms with Crippen molar-refractivity contribution < 1.29 is 4.79 Å². The van der Waals surface area contributed by atoms with Crippen LogP contribution in [0.2, 0.25) is 0 Å². The maximum absolute atomic E-state index is 8.00. The van der Waals surface area contributed by atoms with E-state index >= 15 is 0 Å². The van der Waals surface area contributed by atoms with Crippen molar-refractivity contribution in [1.82, 2.24) is 5.32 Å². The van der Waals surface area contributed by atoms with E-state index in [0.29, 0.717) is 0 Å². The number of nitrogens with one attached hydrogen (secondary N) is 1. The molecule has 0 aliphatic rings. The lowest BCUT2D eigenvalue weighted by Gasteiger charge is -1.56. The number of hydrogen-bond acceptors (Lipinski definition) is 4. The average molecular weight is 97.1 g/mol. The normalized spacial score (nSPS) is 3.14. The molecule has 0 bridgehead atoms. The predicted molar refractivity (Wildman–Crippen MR) is 21.5 cm³/mol. The monoisotopic (exact) mass is 97.0 g/mol. The summed E-state index contributed by atoms with van der Waals surface area (Å²) in [6, 6.07) is 0. The SMILES string of the molecule is C=O.N#CNC#N. The molecule has 4 heteroatoms. The Balaban J connectivity index is 0. The van der Waals surface area contributed by atoms with Crippen LogP contribution in [0.1, 0.15) is 0 Å². The van der Waals surface area contributed by atoms with Crippen molar-refractivity contribution in [2.75, 3.05) is 0 Å². The molecule has 0 rings (SSSR count). The van der Waals surface area contributed by atoms with Crippen LogP contribution in [0.15, 0.2) is 0 Å². The Morgan fingerprint density at radius 3 is 1.57 bits per heavy atom. The van der Waals surface area contributed by atoms with E-state index in [1.165, 1.54) is 12.4 Å². The van der Waals surface area contributed by atoms with E-state index < -0.39 is 0 Å². The van der Waals surface area contributed by atoms with Gasteiger partial charge in [-0.25, -0.2) is 5.32 Å². The Morgan fingerprint density at radius 1 is 1.29 bits per heavy atom. The van der Waals surface area contributed by atoms with E-state index in [0.717, 1.165) is 0 Å². The second-order valence-corrected chi connectivity index (χ2v) is 0.349. The first-order valence-corrected chi connectivity index (χ1v) is 1.24. The van der Waals surface area contributed by atoms with Crippen molar-refractivity contribution in [3.8, 4) is 12.4 Å². The van der Waals surface area contributed by atoms with Crippen molar-refractivity contribution in [2.45, 2.75) is 0 Å². The molecule has 0 radical (unpaired) electrons. The lowest BCUT2D eigenvalue weighted by molar-refractivity contribution is -0.0979. The van der Waals surface area contributed by atoms with E-state index in [1.54, 1.807) is 5.32 Å². The fourth-order valence-corrected chi connectivity index (χ4v) is 0.0250. The van der Waals surface area contributed by atoms with Crippen LogP contribution in [0.3, 0.4) is 0 Å². The molecule has 0 heterocycles. The fourth-order valence-electron chi connectivity index (χ4n) is 0.0250. The number of nitrogens with zero attached hydrogens (tertiary/aromatic N) is 2. The maximum atomic E-state index is 8.00. The van der Waals surface area contributed by atoms with Gasteiger partial charge in [-0.05, 0) is 0 Å². The summed E-state index contributed by atoms with van der Waals surface area (Å²) in [6.07, 6.45) is 2.81. The number of carbonyl (C=O) groups is 1. The molecule has 0 aromatic heterocycles. The third kappa shape index (κ3) is 132. The van der Waals surface area contributed by atoms with Gasteiger partial charge in [0.15, 0.2) is 12.4 Å². The second-order valence-electron chi connectivity index (χ2n) is 0.349. The van der Waals surface area contributed by atoms with Crippen molar-refractivity contribution in [3.63, 3.8) is 0 Å². The van der Waals surface area contributed by atoms with Gasteiger partial charge in [0.1, 0.15) is 6.79 Å². The first kappa shape index (κ1) is 9.07. The van der Waals surface area contributed by atoms with Gasteiger partial charge in [0.2, 0.25) is 0 Å². The van der Waals surface area contributed by atoms with E-state index in [2.05, 4.69) is 0 Å². The first-order chi connectivity index (χ1) is 3.41. The molecule has 4 nitrogen and oxygen atoms in total. The summed E-state index contributed by atoms with van der Waals surface area (Å²) in [5.74, 6) is 0. The Bertz CT molecular complexity index is 85.7. The van der Waals surface area contributed by atoms with Crippen LogP contribution < -0.4 is 5.32 Å². The Morgan fingerprint density at radius 2 is 1.57 bits per heavy atom. The van der Waals surface area contributed by atoms with Gasteiger partial charge >= 0.3 is 0 Å². The molecule has 0 saturated carbocycles. The topological polar surface area (TPSA) is 76.7 Å². The Kier molecular flexibility index (Phi) is 32.6. The van der Waals surface area contributed by atoms with E-state index in [9.17, 15) is 0 Å². The zero-order chi connectivity index (χ0) is 6.12. The summed E-state index contributed by atoms with van der Waals surface area (Å²) in [6.45, 7) is 2.00. The Hall–Kier alpha value is -1.55. The van der Waals surface area contributed by atoms with Crippen LogP contribution in [-0.2, 0) is 4.79 Å². The molecule has 1 N–H and O–H groups in total. The van der Waals surface area contributed by atoms with Crippen LogP contribution in [0.4, 0.5) is 0 Å². The minimum atomic E-state index is 1.41. The van der Waals surface area contributed by atoms with Gasteiger partial charge in [0, 0.05) is 0 Å². The van der Waals surface area contributed by atoms with Gasteiger partial charge < -0.3 is 4.79 Å². The van der Waals surface area contributed by atoms with Crippen molar-refractivity contribution in [1.29, 1.82) is 10.5 Å². The molecule has 0 unspecified atom stereocenters. The third-order valence-corrected chi connectivity index (χ3v) is 0.112. The second kappa shape index (κ2) is 25.2. The number of hydrogen-bond donors (Lipinski definition) is 1. The molecule has 36 valence electrons. The summed E-state index contributed by atoms with van der Waals surface area (Å²) in [7, 11) is 0. The van der Waals surface area contributed by atoms with E-state index in [-0.39, 0.29) is 0 Å². The summed E-state index contributed by atoms with van der Waals surface area (Å²) in [5, 5.41) is 16.7. The van der Waals surface area contributed by atoms with E-state index in [1.807, 2.05) is 6.79 Å². The molecule has 0 aromatic rings. The van der Waals surface area contributed by atoms with Crippen molar-refractivity contribution in [3.05, 3.63) is 0 Å². The van der Waals surface area contributed by atoms with Gasteiger partial charge in [-0.3, -0.25) is 0 Å². The highest BCUT2D eigenvalue weighted by Gasteiger charge is 1.53. The van der Waals surface area contributed by atoms with Crippen LogP contribution in [0.5, 0.6) is 0 Å². The van der Waals surface area contributed by atoms with Gasteiger partial charge in [0.05, 0.1) is 0 Å². The van der Waals surface area contributed by atoms with Crippen LogP contribution in [0.25, 0.3) is 0 Å². The average Bonchev–Trinajstić information content (AvgIpc) is 1.75. The van der Waals surface area contributed by atoms with Gasteiger partial charge in [0.25, 0.3) is 0 Å². The van der Waals surface area contributed by atoms with Crippen molar-refractivity contribution in [2.24, 2.45) is 0 Å². The maximum Gasteiger partial charge on any atom is 0.190 e. The first-order valence-electron chi connectivity index (χ1n) is 1.24. The molecule has 0 spiro atoms. The number of nitriles is 2. The largest absolute Gasteiger partial charge is 0.307 e. The minimum absolute atomic E-state index is 1.41.